The van der Waals surface area contributed by atoms with E-state index in [0.717, 1.165) is 24.3 Å². The highest BCUT2D eigenvalue weighted by Gasteiger charge is 2.51. The summed E-state index contributed by atoms with van der Waals surface area (Å²) >= 11 is 0. The van der Waals surface area contributed by atoms with Crippen molar-refractivity contribution in [3.8, 4) is 46.0 Å². The normalized spacial score (nSPS) is 26.6. The van der Waals surface area contributed by atoms with E-state index >= 15 is 0 Å². The molecule has 0 unspecified atom stereocenters. The number of aromatic hydroxyl groups is 6. The van der Waals surface area contributed by atoms with Gasteiger partial charge in [-0.2, -0.15) is 0 Å². The highest BCUT2D eigenvalue weighted by molar-refractivity contribution is 6.23. The van der Waals surface area contributed by atoms with E-state index in [9.17, 15) is 75.3 Å². The molecule has 0 aliphatic carbocycles. The Kier molecular flexibility index (Phi) is 9.06. The minimum atomic E-state index is -2.04. The monoisotopic (exact) mass is 894 g/mol. The molecule has 64 heavy (non-hydrogen) atoms. The molecule has 0 amide bonds. The fourth-order valence-electron chi connectivity index (χ4n) is 8.25. The molecule has 10 atom stereocenters. The Morgan fingerprint density at radius 2 is 0.922 bits per heavy atom. The zero-order valence-corrected chi connectivity index (χ0v) is 32.0. The van der Waals surface area contributed by atoms with Crippen LogP contribution in [0.2, 0.25) is 0 Å². The van der Waals surface area contributed by atoms with Gasteiger partial charge < -0.3 is 97.5 Å². The van der Waals surface area contributed by atoms with Crippen molar-refractivity contribution in [1.82, 2.24) is 0 Å². The number of aliphatic hydroxyl groups excluding tert-OH is 5. The molecular weight excluding hydrogens is 864 g/mol. The second-order valence-corrected chi connectivity index (χ2v) is 15.2. The third-order valence-electron chi connectivity index (χ3n) is 11.5. The van der Waals surface area contributed by atoms with Crippen molar-refractivity contribution in [1.29, 1.82) is 0 Å². The number of hydrogen-bond donors (Lipinski definition) is 11. The number of phenols is 6. The van der Waals surface area contributed by atoms with Crippen LogP contribution in [0, 0.1) is 0 Å². The second-order valence-electron chi connectivity index (χ2n) is 15.2. The quantitative estimate of drug-likeness (QED) is 0.0553. The summed E-state index contributed by atoms with van der Waals surface area (Å²) in [5.41, 5.74) is -6.79. The summed E-state index contributed by atoms with van der Waals surface area (Å²) in [4.78, 5) is 51.8. The van der Waals surface area contributed by atoms with E-state index < -0.39 is 159 Å². The Morgan fingerprint density at radius 1 is 0.500 bits per heavy atom. The van der Waals surface area contributed by atoms with Crippen molar-refractivity contribution in [3.63, 3.8) is 0 Å². The van der Waals surface area contributed by atoms with E-state index in [4.69, 9.17) is 41.4 Å². The molecule has 0 saturated carbocycles. The summed E-state index contributed by atoms with van der Waals surface area (Å²) in [7, 11) is 0. The predicted molar refractivity (Wildman–Crippen MR) is 208 cm³/mol. The standard InChI is InChI=1S/C40H30O24/c1-7-30(27(49)29(51)39(57-7)58-15-5-11-20-18-9(36(53)63-34(20)25(15)47)3-13(42)22(44)32(18)61-38(11)55)64-40-28(50)26(48)23(45)16(59-40)6-56-14-4-10-19-17-8(35(52)62-33(19)24(14)46)2-12(41)21(43)31(17)60-37(10)54/h2-5,7,16,23,26-30,39-51H,6H2,1H3/t7-,16-,23-,26-,27+,28-,29-,30+,39+,40+/m1/s1. The average molecular weight is 895 g/mol. The van der Waals surface area contributed by atoms with Crippen LogP contribution in [-0.2, 0) is 14.2 Å². The van der Waals surface area contributed by atoms with Crippen LogP contribution >= 0.6 is 0 Å². The summed E-state index contributed by atoms with van der Waals surface area (Å²) in [5.74, 6) is -6.15. The van der Waals surface area contributed by atoms with E-state index in [-0.39, 0.29) is 43.1 Å². The lowest BCUT2D eigenvalue weighted by Gasteiger charge is -2.45. The van der Waals surface area contributed by atoms with Gasteiger partial charge in [-0.25, -0.2) is 19.2 Å². The molecule has 2 fully saturated rings. The van der Waals surface area contributed by atoms with Gasteiger partial charge in [0, 0.05) is 21.5 Å². The molecule has 10 rings (SSSR count). The van der Waals surface area contributed by atoms with E-state index in [1.54, 1.807) is 0 Å². The van der Waals surface area contributed by atoms with Gasteiger partial charge >= 0.3 is 22.5 Å². The summed E-state index contributed by atoms with van der Waals surface area (Å²) in [6.07, 6.45) is -18.2. The molecule has 0 bridgehead atoms. The highest BCUT2D eigenvalue weighted by atomic mass is 16.7. The van der Waals surface area contributed by atoms with Crippen LogP contribution in [-0.4, -0.2) is 124 Å². The number of phenolic OH excluding ortho intramolecular Hbond substituents is 6. The fourth-order valence-corrected chi connectivity index (χ4v) is 8.25. The van der Waals surface area contributed by atoms with Gasteiger partial charge in [0.15, 0.2) is 51.6 Å². The highest BCUT2D eigenvalue weighted by Crippen LogP contribution is 2.47. The van der Waals surface area contributed by atoms with Gasteiger partial charge in [0.2, 0.25) is 29.3 Å². The number of benzene rings is 4. The van der Waals surface area contributed by atoms with Gasteiger partial charge in [0.25, 0.3) is 0 Å². The molecule has 8 aromatic rings. The van der Waals surface area contributed by atoms with Gasteiger partial charge in [-0.05, 0) is 31.2 Å². The van der Waals surface area contributed by atoms with Gasteiger partial charge in [-0.1, -0.05) is 0 Å². The maximum atomic E-state index is 13.1. The third-order valence-corrected chi connectivity index (χ3v) is 11.5. The van der Waals surface area contributed by atoms with Crippen LogP contribution in [0.5, 0.6) is 46.0 Å². The first-order chi connectivity index (χ1) is 30.4. The van der Waals surface area contributed by atoms with Crippen molar-refractivity contribution >= 4 is 65.4 Å². The molecule has 2 aliphatic heterocycles. The van der Waals surface area contributed by atoms with Crippen molar-refractivity contribution in [2.24, 2.45) is 0 Å². The molecule has 24 nitrogen and oxygen atoms in total. The Bertz CT molecular complexity index is 3460. The average Bonchev–Trinajstić information content (AvgIpc) is 3.25. The van der Waals surface area contributed by atoms with Crippen LogP contribution in [0.1, 0.15) is 6.92 Å². The number of ether oxygens (including phenoxy) is 5. The van der Waals surface area contributed by atoms with Crippen LogP contribution in [0.25, 0.3) is 65.4 Å². The van der Waals surface area contributed by atoms with E-state index in [2.05, 4.69) is 0 Å². The summed E-state index contributed by atoms with van der Waals surface area (Å²) < 4.78 is 49.4. The molecule has 2 saturated heterocycles. The maximum Gasteiger partial charge on any atom is 0.344 e. The molecular formula is C40H30O24. The Morgan fingerprint density at radius 3 is 1.42 bits per heavy atom. The van der Waals surface area contributed by atoms with Crippen LogP contribution < -0.4 is 32.0 Å². The van der Waals surface area contributed by atoms with Gasteiger partial charge in [-0.3, -0.25) is 0 Å². The van der Waals surface area contributed by atoms with Gasteiger partial charge in [-0.15, -0.1) is 0 Å². The fraction of sp³-hybridized carbons (Fsp3) is 0.300. The molecule has 0 radical (unpaired) electrons. The first-order valence-corrected chi connectivity index (χ1v) is 18.9. The molecule has 0 spiro atoms. The molecule has 4 aromatic heterocycles. The zero-order valence-electron chi connectivity index (χ0n) is 32.0. The minimum Gasteiger partial charge on any atom is -0.504 e. The summed E-state index contributed by atoms with van der Waals surface area (Å²) in [6, 6.07) is 3.70. The predicted octanol–water partition coefficient (Wildman–Crippen LogP) is -0.355. The smallest absolute Gasteiger partial charge is 0.344 e. The minimum absolute atomic E-state index is 0.160. The van der Waals surface area contributed by atoms with Gasteiger partial charge in [0.05, 0.1) is 27.6 Å². The largest absolute Gasteiger partial charge is 0.504 e. The molecule has 2 aliphatic rings. The molecule has 11 N–H and O–H groups in total. The first kappa shape index (κ1) is 40.9. The van der Waals surface area contributed by atoms with E-state index in [0.29, 0.717) is 0 Å². The Hall–Kier alpha value is -7.16. The second kappa shape index (κ2) is 14.2. The molecule has 334 valence electrons. The van der Waals surface area contributed by atoms with Gasteiger partial charge in [0.1, 0.15) is 49.3 Å². The lowest BCUT2D eigenvalue weighted by Crippen LogP contribution is -2.64. The number of aliphatic hydroxyl groups is 5. The maximum absolute atomic E-state index is 13.1. The number of hydrogen-bond acceptors (Lipinski definition) is 24. The van der Waals surface area contributed by atoms with Crippen molar-refractivity contribution in [3.05, 3.63) is 65.9 Å². The van der Waals surface area contributed by atoms with Crippen molar-refractivity contribution in [2.45, 2.75) is 68.3 Å². The molecule has 24 heteroatoms. The van der Waals surface area contributed by atoms with Crippen molar-refractivity contribution in [2.75, 3.05) is 6.61 Å². The van der Waals surface area contributed by atoms with Crippen LogP contribution in [0.4, 0.5) is 0 Å². The SMILES string of the molecule is C[C@H]1O[C@@H](Oc2cc3c(=O)oc4c(O)c(O)cc5c(=O)oc(c2O)c3c45)[C@H](O)[C@H](O)[C@H]1O[C@@H]1O[C@H](COc2cc3c(=O)oc4c(O)c(O)cc5c(=O)oc(c2O)c3c45)[C@@H](O)[C@@H](O)[C@H]1O. The lowest BCUT2D eigenvalue weighted by atomic mass is 9.97. The molecule has 4 aromatic carbocycles. The van der Waals surface area contributed by atoms with E-state index in [1.807, 2.05) is 0 Å². The summed E-state index contributed by atoms with van der Waals surface area (Å²) in [5, 5.41) is 116. The van der Waals surface area contributed by atoms with Crippen molar-refractivity contribution < 1.29 is 97.5 Å². The lowest BCUT2D eigenvalue weighted by molar-refractivity contribution is -0.348. The zero-order chi connectivity index (χ0) is 45.5. The summed E-state index contributed by atoms with van der Waals surface area (Å²) in [6.45, 7) is 0.557. The van der Waals surface area contributed by atoms with E-state index in [1.165, 1.54) is 6.92 Å². The third kappa shape index (κ3) is 5.78. The first-order valence-electron chi connectivity index (χ1n) is 18.9. The molecule has 6 heterocycles. The van der Waals surface area contributed by atoms with Crippen LogP contribution in [0.3, 0.4) is 0 Å². The number of rotatable bonds is 7. The van der Waals surface area contributed by atoms with Crippen LogP contribution in [0.15, 0.2) is 61.1 Å². The Balaban J connectivity index is 0.887. The topological polar surface area (TPSA) is 390 Å². The Labute approximate surface area is 349 Å².